The van der Waals surface area contributed by atoms with E-state index in [2.05, 4.69) is 5.32 Å². The molecule has 4 rings (SSSR count). The summed E-state index contributed by atoms with van der Waals surface area (Å²) in [6.07, 6.45) is -2.90. The van der Waals surface area contributed by atoms with Gasteiger partial charge in [-0.05, 0) is 48.0 Å². The van der Waals surface area contributed by atoms with Gasteiger partial charge in [-0.15, -0.1) is 0 Å². The maximum absolute atomic E-state index is 13.0. The summed E-state index contributed by atoms with van der Waals surface area (Å²) in [6, 6.07) is 15.5. The number of carbonyl (C=O) groups excluding carboxylic acids is 1. The molecule has 1 N–H and O–H groups in total. The first kappa shape index (κ1) is 24.0. The van der Waals surface area contributed by atoms with Gasteiger partial charge < -0.3 is 24.3 Å². The quantitative estimate of drug-likeness (QED) is 0.329. The van der Waals surface area contributed by atoms with E-state index in [9.17, 15) is 18.0 Å². The van der Waals surface area contributed by atoms with Crippen molar-refractivity contribution < 1.29 is 36.9 Å². The zero-order valence-electron chi connectivity index (χ0n) is 18.9. The van der Waals surface area contributed by atoms with Gasteiger partial charge >= 0.3 is 6.18 Å². The van der Waals surface area contributed by atoms with E-state index in [1.165, 1.54) is 13.2 Å². The van der Waals surface area contributed by atoms with Crippen LogP contribution in [-0.4, -0.2) is 33.3 Å². The normalized spacial score (nSPS) is 13.9. The van der Waals surface area contributed by atoms with Crippen molar-refractivity contribution in [3.05, 3.63) is 77.4 Å². The monoisotopic (exact) mass is 485 g/mol. The van der Waals surface area contributed by atoms with Gasteiger partial charge in [0.2, 0.25) is 0 Å². The SMILES string of the molecule is COc1ccccc1OCCOc1ccc(/C=C2/C(=O)Nc3cc(C(F)(F)F)ccc32)cc1OC. The third-order valence-corrected chi connectivity index (χ3v) is 5.30. The molecule has 0 radical (unpaired) electrons. The molecular formula is C26H22F3NO5. The van der Waals surface area contributed by atoms with Gasteiger partial charge in [0.15, 0.2) is 23.0 Å². The van der Waals surface area contributed by atoms with Gasteiger partial charge in [0, 0.05) is 16.8 Å². The fourth-order valence-electron chi connectivity index (χ4n) is 3.62. The molecule has 1 aliphatic rings. The summed E-state index contributed by atoms with van der Waals surface area (Å²) in [4.78, 5) is 12.4. The molecule has 1 amide bonds. The predicted octanol–water partition coefficient (Wildman–Crippen LogP) is 5.67. The summed E-state index contributed by atoms with van der Waals surface area (Å²) in [5, 5.41) is 2.49. The Morgan fingerprint density at radius 2 is 1.49 bits per heavy atom. The van der Waals surface area contributed by atoms with Crippen LogP contribution in [0, 0.1) is 0 Å². The Hall–Kier alpha value is -4.14. The van der Waals surface area contributed by atoms with E-state index in [4.69, 9.17) is 18.9 Å². The minimum atomic E-state index is -4.49. The number of amides is 1. The van der Waals surface area contributed by atoms with Crippen LogP contribution in [0.25, 0.3) is 11.6 Å². The standard InChI is InChI=1S/C26H22F3NO5/c1-32-21-5-3-4-6-22(21)34-11-12-35-23-10-7-16(14-24(23)33-2)13-19-18-9-8-17(26(27,28)29)15-20(18)30-25(19)31/h3-10,13-15H,11-12H2,1-2H3,(H,30,31)/b19-13+. The van der Waals surface area contributed by atoms with E-state index in [0.717, 1.165) is 12.1 Å². The van der Waals surface area contributed by atoms with Crippen LogP contribution in [0.1, 0.15) is 16.7 Å². The maximum Gasteiger partial charge on any atom is 0.416 e. The summed E-state index contributed by atoms with van der Waals surface area (Å²) in [5.74, 6) is 1.65. The van der Waals surface area contributed by atoms with Crippen molar-refractivity contribution in [3.8, 4) is 23.0 Å². The predicted molar refractivity (Wildman–Crippen MR) is 125 cm³/mol. The summed E-state index contributed by atoms with van der Waals surface area (Å²) >= 11 is 0. The molecule has 35 heavy (non-hydrogen) atoms. The number of ether oxygens (including phenoxy) is 4. The third-order valence-electron chi connectivity index (χ3n) is 5.30. The number of hydrogen-bond donors (Lipinski definition) is 1. The lowest BCUT2D eigenvalue weighted by molar-refractivity contribution is -0.137. The molecule has 1 aliphatic heterocycles. The van der Waals surface area contributed by atoms with E-state index >= 15 is 0 Å². The summed E-state index contributed by atoms with van der Waals surface area (Å²) in [7, 11) is 3.05. The Morgan fingerprint density at radius 1 is 0.829 bits per heavy atom. The number of anilines is 1. The average Bonchev–Trinajstić information content (AvgIpc) is 3.16. The minimum Gasteiger partial charge on any atom is -0.493 e. The van der Waals surface area contributed by atoms with Crippen LogP contribution < -0.4 is 24.3 Å². The van der Waals surface area contributed by atoms with Crippen molar-refractivity contribution in [3.63, 3.8) is 0 Å². The van der Waals surface area contributed by atoms with Crippen LogP contribution in [-0.2, 0) is 11.0 Å². The highest BCUT2D eigenvalue weighted by Crippen LogP contribution is 2.39. The molecule has 6 nitrogen and oxygen atoms in total. The molecule has 0 aliphatic carbocycles. The van der Waals surface area contributed by atoms with Gasteiger partial charge in [-0.25, -0.2) is 0 Å². The number of alkyl halides is 3. The zero-order valence-corrected chi connectivity index (χ0v) is 18.9. The summed E-state index contributed by atoms with van der Waals surface area (Å²) < 4.78 is 61.1. The molecule has 0 atom stereocenters. The van der Waals surface area contributed by atoms with Gasteiger partial charge in [-0.3, -0.25) is 4.79 Å². The second-order valence-corrected chi connectivity index (χ2v) is 7.53. The number of halogens is 3. The number of methoxy groups -OCH3 is 2. The van der Waals surface area contributed by atoms with Gasteiger partial charge in [0.05, 0.1) is 19.8 Å². The van der Waals surface area contributed by atoms with E-state index < -0.39 is 17.6 Å². The molecule has 3 aromatic carbocycles. The first-order valence-corrected chi connectivity index (χ1v) is 10.6. The molecule has 0 saturated heterocycles. The molecule has 1 heterocycles. The number of fused-ring (bicyclic) bond motifs is 1. The number of hydrogen-bond acceptors (Lipinski definition) is 5. The highest BCUT2D eigenvalue weighted by atomic mass is 19.4. The van der Waals surface area contributed by atoms with E-state index in [1.807, 2.05) is 12.1 Å². The molecule has 182 valence electrons. The second-order valence-electron chi connectivity index (χ2n) is 7.53. The largest absolute Gasteiger partial charge is 0.493 e. The average molecular weight is 485 g/mol. The van der Waals surface area contributed by atoms with E-state index in [1.54, 1.807) is 43.5 Å². The lowest BCUT2D eigenvalue weighted by Crippen LogP contribution is -2.10. The molecule has 9 heteroatoms. The fraction of sp³-hybridized carbons (Fsp3) is 0.192. The van der Waals surface area contributed by atoms with Crippen LogP contribution >= 0.6 is 0 Å². The molecule has 0 spiro atoms. The van der Waals surface area contributed by atoms with E-state index in [-0.39, 0.29) is 24.5 Å². The van der Waals surface area contributed by atoms with Gasteiger partial charge in [-0.1, -0.05) is 24.3 Å². The van der Waals surface area contributed by atoms with E-state index in [0.29, 0.717) is 34.1 Å². The van der Waals surface area contributed by atoms with Crippen LogP contribution in [0.15, 0.2) is 60.7 Å². The van der Waals surface area contributed by atoms with Crippen molar-refractivity contribution in [2.75, 3.05) is 32.8 Å². The Labute approximate surface area is 199 Å². The molecule has 3 aromatic rings. The Kier molecular flexibility index (Phi) is 6.86. The topological polar surface area (TPSA) is 66.0 Å². The molecule has 0 saturated carbocycles. The number of carbonyl (C=O) groups is 1. The number of para-hydroxylation sites is 2. The fourth-order valence-corrected chi connectivity index (χ4v) is 3.62. The molecule has 0 aromatic heterocycles. The Morgan fingerprint density at radius 3 is 2.14 bits per heavy atom. The molecular weight excluding hydrogens is 463 g/mol. The Bertz CT molecular complexity index is 1270. The second kappa shape index (κ2) is 10.0. The van der Waals surface area contributed by atoms with Gasteiger partial charge in [0.1, 0.15) is 13.2 Å². The van der Waals surface area contributed by atoms with Crippen molar-refractivity contribution in [1.82, 2.24) is 0 Å². The first-order chi connectivity index (χ1) is 16.8. The van der Waals surface area contributed by atoms with Gasteiger partial charge in [-0.2, -0.15) is 13.2 Å². The van der Waals surface area contributed by atoms with Crippen molar-refractivity contribution >= 4 is 23.2 Å². The summed E-state index contributed by atoms with van der Waals surface area (Å²) in [6.45, 7) is 0.512. The maximum atomic E-state index is 13.0. The van der Waals surface area contributed by atoms with Crippen molar-refractivity contribution in [2.24, 2.45) is 0 Å². The van der Waals surface area contributed by atoms with Crippen LogP contribution in [0.2, 0.25) is 0 Å². The van der Waals surface area contributed by atoms with Crippen molar-refractivity contribution in [2.45, 2.75) is 6.18 Å². The van der Waals surface area contributed by atoms with Crippen LogP contribution in [0.5, 0.6) is 23.0 Å². The van der Waals surface area contributed by atoms with Crippen LogP contribution in [0.3, 0.4) is 0 Å². The van der Waals surface area contributed by atoms with Gasteiger partial charge in [0.25, 0.3) is 5.91 Å². The number of rotatable bonds is 8. The first-order valence-electron chi connectivity index (χ1n) is 10.6. The highest BCUT2D eigenvalue weighted by molar-refractivity contribution is 6.34. The molecule has 0 unspecified atom stereocenters. The number of nitrogens with one attached hydrogen (secondary N) is 1. The smallest absolute Gasteiger partial charge is 0.416 e. The lowest BCUT2D eigenvalue weighted by Gasteiger charge is -2.13. The van der Waals surface area contributed by atoms with Crippen molar-refractivity contribution in [1.29, 1.82) is 0 Å². The highest BCUT2D eigenvalue weighted by Gasteiger charge is 2.33. The number of benzene rings is 3. The minimum absolute atomic E-state index is 0.123. The van der Waals surface area contributed by atoms with Crippen LogP contribution in [0.4, 0.5) is 18.9 Å². The Balaban J connectivity index is 1.46. The lowest BCUT2D eigenvalue weighted by atomic mass is 10.0. The molecule has 0 bridgehead atoms. The summed E-state index contributed by atoms with van der Waals surface area (Å²) in [5.41, 5.74) is 0.580. The zero-order chi connectivity index (χ0) is 25.0. The molecule has 0 fully saturated rings. The third kappa shape index (κ3) is 5.34.